The molecular weight excluding hydrogens is 425 g/mol. The summed E-state index contributed by atoms with van der Waals surface area (Å²) in [6.07, 6.45) is 2.53. The lowest BCUT2D eigenvalue weighted by Gasteiger charge is -2.56. The molecule has 33 heavy (non-hydrogen) atoms. The zero-order valence-electron chi connectivity index (χ0n) is 18.6. The van der Waals surface area contributed by atoms with Crippen LogP contribution in [0.2, 0.25) is 0 Å². The topological polar surface area (TPSA) is 32.3 Å². The maximum absolute atomic E-state index is 13.0. The molecule has 1 saturated carbocycles. The molecule has 1 heterocycles. The summed E-state index contributed by atoms with van der Waals surface area (Å²) < 4.78 is 38.9. The second-order valence-corrected chi connectivity index (χ2v) is 9.52. The number of piperidine rings is 1. The Bertz CT molecular complexity index is 1140. The molecule has 5 rings (SSSR count). The Morgan fingerprint density at radius 1 is 1.15 bits per heavy atom. The van der Waals surface area contributed by atoms with Crippen LogP contribution in [-0.2, 0) is 22.8 Å². The molecule has 2 aromatic carbocycles. The first-order valence-electron chi connectivity index (χ1n) is 11.6. The summed E-state index contributed by atoms with van der Waals surface area (Å²) in [5.74, 6) is 5.37. The normalized spacial score (nSPS) is 25.8. The third-order valence-corrected chi connectivity index (χ3v) is 7.84. The summed E-state index contributed by atoms with van der Waals surface area (Å²) in [7, 11) is 1.70. The largest absolute Gasteiger partial charge is 0.416 e. The number of benzene rings is 2. The number of amides is 1. The van der Waals surface area contributed by atoms with E-state index in [9.17, 15) is 18.0 Å². The van der Waals surface area contributed by atoms with Crippen LogP contribution in [0.15, 0.2) is 42.5 Å². The smallest absolute Gasteiger partial charge is 0.313 e. The molecule has 3 aliphatic rings. The van der Waals surface area contributed by atoms with Crippen molar-refractivity contribution in [3.05, 3.63) is 64.7 Å². The van der Waals surface area contributed by atoms with E-state index in [2.05, 4.69) is 23.2 Å². The first-order chi connectivity index (χ1) is 15.8. The molecule has 2 aliphatic carbocycles. The number of anilines is 1. The lowest BCUT2D eigenvalue weighted by Crippen LogP contribution is -2.59. The highest BCUT2D eigenvalue weighted by Gasteiger charge is 2.51. The maximum Gasteiger partial charge on any atom is 0.416 e. The van der Waals surface area contributed by atoms with E-state index < -0.39 is 17.6 Å². The molecule has 1 amide bonds. The molecule has 2 bridgehead atoms. The molecule has 6 heteroatoms. The zero-order chi connectivity index (χ0) is 23.2. The fourth-order valence-electron chi connectivity index (χ4n) is 6.35. The molecule has 0 radical (unpaired) electrons. The first-order valence-corrected chi connectivity index (χ1v) is 11.6. The Morgan fingerprint density at radius 3 is 2.79 bits per heavy atom. The first kappa shape index (κ1) is 22.0. The van der Waals surface area contributed by atoms with Crippen molar-refractivity contribution < 1.29 is 18.0 Å². The fraction of sp³-hybridized carbons (Fsp3) is 0.444. The van der Waals surface area contributed by atoms with Crippen LogP contribution in [0, 0.1) is 17.8 Å². The van der Waals surface area contributed by atoms with Gasteiger partial charge in [-0.3, -0.25) is 4.79 Å². The molecule has 1 saturated heterocycles. The van der Waals surface area contributed by atoms with Crippen LogP contribution in [0.25, 0.3) is 0 Å². The molecule has 172 valence electrons. The molecule has 1 N–H and O–H groups in total. The van der Waals surface area contributed by atoms with E-state index in [0.29, 0.717) is 12.0 Å². The number of carbonyl (C=O) groups excluding carboxylic acids is 1. The standard InChI is InChI=1S/C27H27F3N2O/c1-32(25(33)12-11-18-6-4-7-19(16-18)27(28,29)30)24-10-5-9-21-20(24)17-23-22-8-2-3-13-26(21,22)14-15-31-23/h4-7,9-10,16,22-23,31H,2-3,8,13-15,17H2,1H3/t22-,23+,26-/m0/s1. The molecule has 0 unspecified atom stereocenters. The molecule has 0 aromatic heterocycles. The van der Waals surface area contributed by atoms with Crippen LogP contribution in [0.4, 0.5) is 18.9 Å². The highest BCUT2D eigenvalue weighted by molar-refractivity contribution is 6.06. The van der Waals surface area contributed by atoms with Crippen molar-refractivity contribution in [2.45, 2.75) is 56.2 Å². The van der Waals surface area contributed by atoms with E-state index >= 15 is 0 Å². The van der Waals surface area contributed by atoms with Crippen molar-refractivity contribution in [1.82, 2.24) is 5.32 Å². The highest BCUT2D eigenvalue weighted by Crippen LogP contribution is 2.55. The van der Waals surface area contributed by atoms with Crippen LogP contribution in [0.1, 0.15) is 54.4 Å². The van der Waals surface area contributed by atoms with Crippen molar-refractivity contribution in [3.63, 3.8) is 0 Å². The van der Waals surface area contributed by atoms with E-state index in [1.165, 1.54) is 48.9 Å². The van der Waals surface area contributed by atoms with E-state index in [4.69, 9.17) is 0 Å². The second kappa shape index (κ2) is 8.22. The maximum atomic E-state index is 13.0. The lowest BCUT2D eigenvalue weighted by atomic mass is 9.52. The fourth-order valence-corrected chi connectivity index (χ4v) is 6.35. The van der Waals surface area contributed by atoms with Gasteiger partial charge in [-0.2, -0.15) is 13.2 Å². The summed E-state index contributed by atoms with van der Waals surface area (Å²) in [6, 6.07) is 11.4. The summed E-state index contributed by atoms with van der Waals surface area (Å²) in [6.45, 7) is 1.03. The summed E-state index contributed by atoms with van der Waals surface area (Å²) in [5, 5.41) is 3.72. The van der Waals surface area contributed by atoms with Gasteiger partial charge in [-0.05, 0) is 73.5 Å². The van der Waals surface area contributed by atoms with Crippen LogP contribution >= 0.6 is 0 Å². The van der Waals surface area contributed by atoms with Crippen LogP contribution < -0.4 is 10.2 Å². The summed E-state index contributed by atoms with van der Waals surface area (Å²) in [4.78, 5) is 14.5. The number of rotatable bonds is 1. The Hall–Kier alpha value is -2.78. The van der Waals surface area contributed by atoms with Crippen molar-refractivity contribution in [3.8, 4) is 11.8 Å². The van der Waals surface area contributed by atoms with Gasteiger partial charge >= 0.3 is 12.1 Å². The van der Waals surface area contributed by atoms with Gasteiger partial charge in [0, 0.05) is 35.7 Å². The number of hydrogen-bond acceptors (Lipinski definition) is 2. The third kappa shape index (κ3) is 3.83. The Kier molecular flexibility index (Phi) is 5.49. The molecular formula is C27H27F3N2O. The quantitative estimate of drug-likeness (QED) is 0.613. The minimum Gasteiger partial charge on any atom is -0.313 e. The summed E-state index contributed by atoms with van der Waals surface area (Å²) in [5.41, 5.74) is 3.04. The Morgan fingerprint density at radius 2 is 1.97 bits per heavy atom. The van der Waals surface area contributed by atoms with Crippen LogP contribution in [-0.4, -0.2) is 25.5 Å². The van der Waals surface area contributed by atoms with E-state index in [0.717, 1.165) is 37.2 Å². The molecule has 1 aliphatic heterocycles. The average Bonchev–Trinajstić information content (AvgIpc) is 2.81. The Labute approximate surface area is 192 Å². The molecule has 3 atom stereocenters. The minimum atomic E-state index is -4.44. The highest BCUT2D eigenvalue weighted by atomic mass is 19.4. The number of nitrogens with zero attached hydrogens (tertiary/aromatic N) is 1. The van der Waals surface area contributed by atoms with Gasteiger partial charge in [-0.25, -0.2) is 0 Å². The van der Waals surface area contributed by atoms with Gasteiger partial charge < -0.3 is 10.2 Å². The van der Waals surface area contributed by atoms with E-state index in [-0.39, 0.29) is 11.0 Å². The van der Waals surface area contributed by atoms with Gasteiger partial charge in [-0.15, -0.1) is 0 Å². The van der Waals surface area contributed by atoms with Gasteiger partial charge in [0.05, 0.1) is 5.56 Å². The van der Waals surface area contributed by atoms with Gasteiger partial charge in [0.15, 0.2) is 0 Å². The number of hydrogen-bond donors (Lipinski definition) is 1. The second-order valence-electron chi connectivity index (χ2n) is 9.52. The predicted octanol–water partition coefficient (Wildman–Crippen LogP) is 5.07. The van der Waals surface area contributed by atoms with Crippen molar-refractivity contribution >= 4 is 11.6 Å². The summed E-state index contributed by atoms with van der Waals surface area (Å²) >= 11 is 0. The van der Waals surface area contributed by atoms with Crippen molar-refractivity contribution in [2.24, 2.45) is 5.92 Å². The average molecular weight is 453 g/mol. The number of carbonyl (C=O) groups is 1. The zero-order valence-corrected chi connectivity index (χ0v) is 18.6. The van der Waals surface area contributed by atoms with Crippen molar-refractivity contribution in [1.29, 1.82) is 0 Å². The van der Waals surface area contributed by atoms with Gasteiger partial charge in [0.2, 0.25) is 0 Å². The molecule has 3 nitrogen and oxygen atoms in total. The third-order valence-electron chi connectivity index (χ3n) is 7.84. The number of fused-ring (bicyclic) bond motifs is 1. The van der Waals surface area contributed by atoms with Gasteiger partial charge in [0.25, 0.3) is 0 Å². The minimum absolute atomic E-state index is 0.171. The van der Waals surface area contributed by atoms with Crippen LogP contribution in [0.5, 0.6) is 0 Å². The van der Waals surface area contributed by atoms with Crippen LogP contribution in [0.3, 0.4) is 0 Å². The van der Waals surface area contributed by atoms with Gasteiger partial charge in [0.1, 0.15) is 0 Å². The van der Waals surface area contributed by atoms with E-state index in [1.807, 2.05) is 12.1 Å². The number of alkyl halides is 3. The molecule has 2 fully saturated rings. The van der Waals surface area contributed by atoms with E-state index in [1.54, 1.807) is 11.9 Å². The number of nitrogens with one attached hydrogen (secondary N) is 1. The predicted molar refractivity (Wildman–Crippen MR) is 122 cm³/mol. The van der Waals surface area contributed by atoms with Crippen molar-refractivity contribution in [2.75, 3.05) is 18.5 Å². The SMILES string of the molecule is CN(C(=O)C#Cc1cccc(C(F)(F)F)c1)c1cccc2c1C[C@H]1NCC[C@@]23CCCC[C@@H]13. The molecule has 0 spiro atoms. The lowest BCUT2D eigenvalue weighted by molar-refractivity contribution is -0.137. The molecule has 2 aromatic rings. The van der Waals surface area contributed by atoms with Gasteiger partial charge in [-0.1, -0.05) is 37.0 Å². The Balaban J connectivity index is 1.45. The number of halogens is 3. The monoisotopic (exact) mass is 452 g/mol.